The van der Waals surface area contributed by atoms with Crippen molar-refractivity contribution in [2.45, 2.75) is 237 Å². The second-order valence-corrected chi connectivity index (χ2v) is 24.1. The van der Waals surface area contributed by atoms with E-state index < -0.39 is 6.00 Å². The van der Waals surface area contributed by atoms with Gasteiger partial charge in [-0.1, -0.05) is 247 Å². The van der Waals surface area contributed by atoms with E-state index in [9.17, 15) is 0 Å². The predicted octanol–water partition coefficient (Wildman–Crippen LogP) is 17.1. The summed E-state index contributed by atoms with van der Waals surface area (Å²) in [6.45, 7) is 0. The molecule has 0 fully saturated rings. The minimum atomic E-state index is -2.37. The summed E-state index contributed by atoms with van der Waals surface area (Å²) in [5.41, 5.74) is 0. The second kappa shape index (κ2) is 38.3. The number of hydrogen-bond acceptors (Lipinski definition) is 0. The summed E-state index contributed by atoms with van der Waals surface area (Å²) in [4.78, 5) is 0. The van der Waals surface area contributed by atoms with Crippen molar-refractivity contribution in [3.05, 3.63) is 0 Å². The molecule has 0 nitrogen and oxygen atoms in total. The Balaban J connectivity index is 3.05. The van der Waals surface area contributed by atoms with Crippen LogP contribution in [-0.2, 0) is 0 Å². The van der Waals surface area contributed by atoms with Crippen LogP contribution in [0.15, 0.2) is 0 Å². The first-order valence-corrected chi connectivity index (χ1v) is 26.5. The van der Waals surface area contributed by atoms with Crippen LogP contribution in [0.1, 0.15) is 231 Å². The van der Waals surface area contributed by atoms with Gasteiger partial charge in [-0.25, -0.2) is 0 Å². The zero-order valence-corrected chi connectivity index (χ0v) is 34.3. The maximum atomic E-state index is 5.93. The first-order chi connectivity index (χ1) is 21.1. The third-order valence-corrected chi connectivity index (χ3v) is 12.7. The summed E-state index contributed by atoms with van der Waals surface area (Å²) >= 11 is 20.3. The van der Waals surface area contributed by atoms with Crippen LogP contribution >= 0.6 is 55.8 Å². The van der Waals surface area contributed by atoms with Crippen molar-refractivity contribution < 1.29 is 0 Å². The molecule has 0 aromatic heterocycles. The molecule has 0 aromatic carbocycles. The zero-order chi connectivity index (χ0) is 31.4. The maximum absolute atomic E-state index is 5.93. The Morgan fingerprint density at radius 3 is 0.512 bits per heavy atom. The van der Waals surface area contributed by atoms with Crippen LogP contribution in [0.2, 0.25) is 6.04 Å². The van der Waals surface area contributed by atoms with E-state index in [1.807, 2.05) is 0 Å². The Morgan fingerprint density at radius 2 is 0.372 bits per heavy atom. The van der Waals surface area contributed by atoms with E-state index in [1.165, 1.54) is 229 Å². The molecule has 5 heteroatoms. The van der Waals surface area contributed by atoms with Crippen molar-refractivity contribution in [1.82, 2.24) is 0 Å². The van der Waals surface area contributed by atoms with E-state index >= 15 is 0 Å². The summed E-state index contributed by atoms with van der Waals surface area (Å²) < 4.78 is 1.34. The van der Waals surface area contributed by atoms with Crippen LogP contribution in [0.5, 0.6) is 0 Å². The van der Waals surface area contributed by atoms with Crippen molar-refractivity contribution in [2.24, 2.45) is 0 Å². The van der Waals surface area contributed by atoms with Crippen LogP contribution < -0.4 is 0 Å². The highest BCUT2D eigenvalue weighted by Gasteiger charge is 2.23. The molecular formula is C38H76Cl3ISi. The summed E-state index contributed by atoms with van der Waals surface area (Å²) in [6.07, 6.45) is 52.0. The molecule has 0 N–H and O–H groups in total. The highest BCUT2D eigenvalue weighted by Crippen LogP contribution is 2.27. The van der Waals surface area contributed by atoms with Gasteiger partial charge < -0.3 is 0 Å². The van der Waals surface area contributed by atoms with E-state index in [0.29, 0.717) is 0 Å². The van der Waals surface area contributed by atoms with Gasteiger partial charge in [0.25, 0.3) is 0 Å². The summed E-state index contributed by atoms with van der Waals surface area (Å²) in [5.74, 6) is 0. The highest BCUT2D eigenvalue weighted by molar-refractivity contribution is 14.1. The third-order valence-electron chi connectivity index (χ3n) is 9.34. The van der Waals surface area contributed by atoms with Gasteiger partial charge in [-0.15, -0.1) is 33.2 Å². The van der Waals surface area contributed by atoms with Crippen LogP contribution in [0.4, 0.5) is 0 Å². The number of alkyl halides is 1. The third kappa shape index (κ3) is 43.8. The lowest BCUT2D eigenvalue weighted by Crippen LogP contribution is -2.07. The zero-order valence-electron chi connectivity index (χ0n) is 28.9. The molecule has 0 aromatic rings. The Labute approximate surface area is 301 Å². The number of hydrogen-bond donors (Lipinski definition) is 0. The molecule has 0 spiro atoms. The average Bonchev–Trinajstić information content (AvgIpc) is 2.98. The quantitative estimate of drug-likeness (QED) is 0.0192. The molecule has 0 unspecified atom stereocenters. The Hall–Kier alpha value is 1.82. The molecule has 0 aliphatic rings. The van der Waals surface area contributed by atoms with Crippen molar-refractivity contribution in [1.29, 1.82) is 0 Å². The van der Waals surface area contributed by atoms with Gasteiger partial charge >= 0.3 is 6.00 Å². The molecule has 0 saturated carbocycles. The standard InChI is InChI=1S/C38H76Cl3ISi/c39-43(40,41)38-36-34-32-30-28-26-24-22-20-18-16-14-12-10-8-6-4-2-1-3-5-7-9-11-13-15-17-19-21-23-25-27-29-31-33-35-37-42/h1-38H2. The van der Waals surface area contributed by atoms with Crippen molar-refractivity contribution in [2.75, 3.05) is 4.43 Å². The topological polar surface area (TPSA) is 0 Å². The minimum Gasteiger partial charge on any atom is -0.126 e. The first kappa shape index (κ1) is 44.8. The number of rotatable bonds is 38. The normalized spacial score (nSPS) is 12.0. The van der Waals surface area contributed by atoms with E-state index in [0.717, 1.165) is 12.5 Å². The second-order valence-electron chi connectivity index (χ2n) is 13.8. The molecule has 0 atom stereocenters. The fraction of sp³-hybridized carbons (Fsp3) is 1.00. The molecule has 0 aliphatic carbocycles. The van der Waals surface area contributed by atoms with E-state index in [2.05, 4.69) is 22.6 Å². The van der Waals surface area contributed by atoms with Gasteiger partial charge in [-0.2, -0.15) is 0 Å². The Bertz CT molecular complexity index is 500. The van der Waals surface area contributed by atoms with Gasteiger partial charge in [0.05, 0.1) is 0 Å². The fourth-order valence-corrected chi connectivity index (χ4v) is 8.82. The SMILES string of the molecule is Cl[Si](Cl)(Cl)CCCCCCCCCCCCCCCCCCCCCCCCCCCCCCCCCCCCCCI. The van der Waals surface area contributed by atoms with E-state index in [-0.39, 0.29) is 0 Å². The van der Waals surface area contributed by atoms with Crippen LogP contribution in [0.3, 0.4) is 0 Å². The molecule has 0 saturated heterocycles. The smallest absolute Gasteiger partial charge is 0.126 e. The summed E-state index contributed by atoms with van der Waals surface area (Å²) in [5, 5.41) is 0. The molecule has 0 radical (unpaired) electrons. The average molecular weight is 794 g/mol. The van der Waals surface area contributed by atoms with E-state index in [4.69, 9.17) is 33.2 Å². The molecule has 260 valence electrons. The van der Waals surface area contributed by atoms with Gasteiger partial charge in [0.2, 0.25) is 0 Å². The Morgan fingerprint density at radius 1 is 0.233 bits per heavy atom. The summed E-state index contributed by atoms with van der Waals surface area (Å²) in [6, 6.07) is -1.54. The molecule has 43 heavy (non-hydrogen) atoms. The molecule has 0 rings (SSSR count). The summed E-state index contributed by atoms with van der Waals surface area (Å²) in [7, 11) is 0. The molecule has 0 aliphatic heterocycles. The van der Waals surface area contributed by atoms with Crippen LogP contribution in [-0.4, -0.2) is 10.4 Å². The fourth-order valence-electron chi connectivity index (χ4n) is 6.43. The van der Waals surface area contributed by atoms with Crippen molar-refractivity contribution in [3.63, 3.8) is 0 Å². The minimum absolute atomic E-state index is 0.831. The van der Waals surface area contributed by atoms with Gasteiger partial charge in [0.1, 0.15) is 0 Å². The lowest BCUT2D eigenvalue weighted by atomic mass is 10.0. The van der Waals surface area contributed by atoms with Gasteiger partial charge in [0.15, 0.2) is 0 Å². The lowest BCUT2D eigenvalue weighted by Gasteiger charge is -2.07. The van der Waals surface area contributed by atoms with E-state index in [1.54, 1.807) is 0 Å². The number of halogens is 4. The molecule has 0 heterocycles. The maximum Gasteiger partial charge on any atom is 0.341 e. The predicted molar refractivity (Wildman–Crippen MR) is 213 cm³/mol. The molecular weight excluding hydrogens is 718 g/mol. The van der Waals surface area contributed by atoms with Crippen molar-refractivity contribution in [3.8, 4) is 0 Å². The van der Waals surface area contributed by atoms with Gasteiger partial charge in [0, 0.05) is 0 Å². The van der Waals surface area contributed by atoms with Crippen molar-refractivity contribution >= 4 is 61.8 Å². The monoisotopic (exact) mass is 792 g/mol. The van der Waals surface area contributed by atoms with Gasteiger partial charge in [-0.05, 0) is 16.9 Å². The van der Waals surface area contributed by atoms with Crippen LogP contribution in [0, 0.1) is 0 Å². The molecule has 0 bridgehead atoms. The van der Waals surface area contributed by atoms with Crippen LogP contribution in [0.25, 0.3) is 0 Å². The molecule has 0 amide bonds. The number of unbranched alkanes of at least 4 members (excludes halogenated alkanes) is 35. The lowest BCUT2D eigenvalue weighted by molar-refractivity contribution is 0.511. The van der Waals surface area contributed by atoms with Gasteiger partial charge in [-0.3, -0.25) is 0 Å². The highest BCUT2D eigenvalue weighted by atomic mass is 127. The Kier molecular flexibility index (Phi) is 39.9. The first-order valence-electron chi connectivity index (χ1n) is 19.7. The largest absolute Gasteiger partial charge is 0.341 e.